The predicted molar refractivity (Wildman–Crippen MR) is 106 cm³/mol. The molecule has 0 aromatic heterocycles. The molecule has 29 heavy (non-hydrogen) atoms. The summed E-state index contributed by atoms with van der Waals surface area (Å²) in [6, 6.07) is 9.94. The van der Waals surface area contributed by atoms with E-state index < -0.39 is 16.7 Å². The molecule has 1 fully saturated rings. The van der Waals surface area contributed by atoms with E-state index in [0.717, 1.165) is 25.0 Å². The van der Waals surface area contributed by atoms with E-state index in [1.807, 2.05) is 0 Å². The number of para-hydroxylation sites is 1. The first-order chi connectivity index (χ1) is 13.8. The van der Waals surface area contributed by atoms with Crippen molar-refractivity contribution in [1.82, 2.24) is 10.6 Å². The van der Waals surface area contributed by atoms with E-state index in [4.69, 9.17) is 11.6 Å². The first-order valence-corrected chi connectivity index (χ1v) is 9.15. The smallest absolute Gasteiger partial charge is 0.270 e. The van der Waals surface area contributed by atoms with Crippen LogP contribution in [-0.4, -0.2) is 35.2 Å². The Kier molecular flexibility index (Phi) is 6.08. The molecule has 0 heterocycles. The lowest BCUT2D eigenvalue weighted by atomic mass is 10.1. The maximum Gasteiger partial charge on any atom is 0.270 e. The van der Waals surface area contributed by atoms with E-state index in [1.165, 1.54) is 18.2 Å². The Labute approximate surface area is 170 Å². The van der Waals surface area contributed by atoms with Crippen LogP contribution in [0.2, 0.25) is 5.02 Å². The second kappa shape index (κ2) is 8.70. The molecule has 3 rings (SSSR count). The van der Waals surface area contributed by atoms with Gasteiger partial charge in [0.15, 0.2) is 0 Å². The topological polar surface area (TPSA) is 130 Å². The van der Waals surface area contributed by atoms with Crippen molar-refractivity contribution >= 4 is 40.7 Å². The fourth-order valence-corrected chi connectivity index (χ4v) is 2.80. The zero-order valence-corrected chi connectivity index (χ0v) is 15.9. The molecule has 1 saturated carbocycles. The second-order valence-electron chi connectivity index (χ2n) is 6.45. The number of nitro groups is 1. The summed E-state index contributed by atoms with van der Waals surface area (Å²) >= 11 is 5.98. The molecule has 0 unspecified atom stereocenters. The third-order valence-corrected chi connectivity index (χ3v) is 4.49. The van der Waals surface area contributed by atoms with Crippen molar-refractivity contribution in [1.29, 1.82) is 0 Å². The molecule has 9 nitrogen and oxygen atoms in total. The molecular weight excluding hydrogens is 400 g/mol. The maximum absolute atomic E-state index is 12.5. The van der Waals surface area contributed by atoms with Gasteiger partial charge in [0.05, 0.1) is 33.3 Å². The van der Waals surface area contributed by atoms with Gasteiger partial charge < -0.3 is 16.0 Å². The number of benzene rings is 2. The Bertz CT molecular complexity index is 990. The summed E-state index contributed by atoms with van der Waals surface area (Å²) in [6.45, 7) is -0.175. The third kappa shape index (κ3) is 5.29. The Morgan fingerprint density at radius 3 is 2.45 bits per heavy atom. The number of nitro benzene ring substituents is 1. The maximum atomic E-state index is 12.5. The molecule has 0 atom stereocenters. The Hall–Kier alpha value is -3.46. The normalized spacial score (nSPS) is 12.7. The van der Waals surface area contributed by atoms with E-state index in [9.17, 15) is 24.5 Å². The van der Waals surface area contributed by atoms with Gasteiger partial charge >= 0.3 is 0 Å². The number of hydrogen-bond acceptors (Lipinski definition) is 5. The number of amides is 3. The van der Waals surface area contributed by atoms with Crippen molar-refractivity contribution in [3.05, 3.63) is 68.7 Å². The van der Waals surface area contributed by atoms with Crippen LogP contribution in [0.4, 0.5) is 11.4 Å². The quantitative estimate of drug-likeness (QED) is 0.471. The number of carbonyl (C=O) groups excluding carboxylic acids is 3. The Morgan fingerprint density at radius 2 is 1.79 bits per heavy atom. The zero-order valence-electron chi connectivity index (χ0n) is 15.1. The summed E-state index contributed by atoms with van der Waals surface area (Å²) in [4.78, 5) is 46.9. The number of halogens is 1. The van der Waals surface area contributed by atoms with E-state index in [1.54, 1.807) is 12.1 Å². The number of rotatable bonds is 7. The Morgan fingerprint density at radius 1 is 1.07 bits per heavy atom. The molecule has 3 amide bonds. The highest BCUT2D eigenvalue weighted by molar-refractivity contribution is 6.34. The standard InChI is InChI=1S/C19H17ClN4O5/c20-15-9-12(24(28)29)7-8-13(15)19(27)23-16-4-2-1-3-14(16)18(26)21-10-17(25)22-11-5-6-11/h1-4,7-9,11H,5-6,10H2,(H,21,26)(H,22,25)(H,23,27). The van der Waals surface area contributed by atoms with Gasteiger partial charge in [0, 0.05) is 18.2 Å². The van der Waals surface area contributed by atoms with Gasteiger partial charge in [-0.15, -0.1) is 0 Å². The molecule has 0 spiro atoms. The minimum atomic E-state index is -0.628. The first-order valence-electron chi connectivity index (χ1n) is 8.77. The Balaban J connectivity index is 1.69. The summed E-state index contributed by atoms with van der Waals surface area (Å²) in [5.74, 6) is -1.43. The molecule has 0 radical (unpaired) electrons. The average Bonchev–Trinajstić information content (AvgIpc) is 3.50. The van der Waals surface area contributed by atoms with Crippen LogP contribution in [0, 0.1) is 10.1 Å². The highest BCUT2D eigenvalue weighted by atomic mass is 35.5. The summed E-state index contributed by atoms with van der Waals surface area (Å²) in [5, 5.41) is 18.6. The van der Waals surface area contributed by atoms with Gasteiger partial charge in [-0.25, -0.2) is 0 Å². The largest absolute Gasteiger partial charge is 0.352 e. The van der Waals surface area contributed by atoms with Crippen molar-refractivity contribution < 1.29 is 19.3 Å². The van der Waals surface area contributed by atoms with Crippen LogP contribution in [0.1, 0.15) is 33.6 Å². The van der Waals surface area contributed by atoms with Gasteiger partial charge in [-0.2, -0.15) is 0 Å². The van der Waals surface area contributed by atoms with Crippen molar-refractivity contribution in [2.75, 3.05) is 11.9 Å². The summed E-state index contributed by atoms with van der Waals surface area (Å²) in [6.07, 6.45) is 1.89. The second-order valence-corrected chi connectivity index (χ2v) is 6.85. The minimum absolute atomic E-state index is 0.0243. The van der Waals surface area contributed by atoms with Gasteiger partial charge in [-0.3, -0.25) is 24.5 Å². The van der Waals surface area contributed by atoms with Crippen LogP contribution >= 0.6 is 11.6 Å². The number of hydrogen-bond donors (Lipinski definition) is 3. The minimum Gasteiger partial charge on any atom is -0.352 e. The lowest BCUT2D eigenvalue weighted by Crippen LogP contribution is -2.38. The molecule has 3 N–H and O–H groups in total. The highest BCUT2D eigenvalue weighted by Crippen LogP contribution is 2.24. The lowest BCUT2D eigenvalue weighted by Gasteiger charge is -2.12. The van der Waals surface area contributed by atoms with Gasteiger partial charge in [-0.05, 0) is 31.0 Å². The molecule has 0 aliphatic heterocycles. The molecule has 0 saturated heterocycles. The molecular formula is C19H17ClN4O5. The summed E-state index contributed by atoms with van der Waals surface area (Å²) in [5.41, 5.74) is 0.164. The molecule has 10 heteroatoms. The monoisotopic (exact) mass is 416 g/mol. The number of nitrogens with zero attached hydrogens (tertiary/aromatic N) is 1. The number of carbonyl (C=O) groups is 3. The van der Waals surface area contributed by atoms with Gasteiger partial charge in [0.2, 0.25) is 5.91 Å². The van der Waals surface area contributed by atoms with Crippen molar-refractivity contribution in [2.45, 2.75) is 18.9 Å². The van der Waals surface area contributed by atoms with E-state index in [0.29, 0.717) is 0 Å². The molecule has 0 bridgehead atoms. The van der Waals surface area contributed by atoms with Crippen molar-refractivity contribution in [2.24, 2.45) is 0 Å². The van der Waals surface area contributed by atoms with Crippen molar-refractivity contribution in [3.63, 3.8) is 0 Å². The van der Waals surface area contributed by atoms with Gasteiger partial charge in [0.1, 0.15) is 0 Å². The third-order valence-electron chi connectivity index (χ3n) is 4.18. The van der Waals surface area contributed by atoms with Crippen LogP contribution in [0.25, 0.3) is 0 Å². The van der Waals surface area contributed by atoms with Crippen molar-refractivity contribution in [3.8, 4) is 0 Å². The SMILES string of the molecule is O=C(CNC(=O)c1ccccc1NC(=O)c1ccc([N+](=O)[O-])cc1Cl)NC1CC1. The molecule has 1 aliphatic rings. The fraction of sp³-hybridized carbons (Fsp3) is 0.211. The average molecular weight is 417 g/mol. The highest BCUT2D eigenvalue weighted by Gasteiger charge is 2.23. The number of anilines is 1. The van der Waals surface area contributed by atoms with Crippen LogP contribution in [0.5, 0.6) is 0 Å². The van der Waals surface area contributed by atoms with Gasteiger partial charge in [-0.1, -0.05) is 23.7 Å². The molecule has 2 aromatic carbocycles. The number of nitrogens with one attached hydrogen (secondary N) is 3. The molecule has 150 valence electrons. The number of non-ortho nitro benzene ring substituents is 1. The van der Waals surface area contributed by atoms with E-state index in [2.05, 4.69) is 16.0 Å². The molecule has 1 aliphatic carbocycles. The summed E-state index contributed by atoms with van der Waals surface area (Å²) < 4.78 is 0. The first kappa shape index (κ1) is 20.3. The van der Waals surface area contributed by atoms with E-state index in [-0.39, 0.29) is 46.0 Å². The van der Waals surface area contributed by atoms with Crippen LogP contribution in [0.15, 0.2) is 42.5 Å². The van der Waals surface area contributed by atoms with Crippen LogP contribution in [0.3, 0.4) is 0 Å². The zero-order chi connectivity index (χ0) is 21.0. The fourth-order valence-electron chi connectivity index (χ4n) is 2.54. The summed E-state index contributed by atoms with van der Waals surface area (Å²) in [7, 11) is 0. The predicted octanol–water partition coefficient (Wildman–Crippen LogP) is 2.51. The van der Waals surface area contributed by atoms with Gasteiger partial charge in [0.25, 0.3) is 17.5 Å². The molecule has 2 aromatic rings. The van der Waals surface area contributed by atoms with E-state index >= 15 is 0 Å². The van der Waals surface area contributed by atoms with Crippen LogP contribution in [-0.2, 0) is 4.79 Å². The lowest BCUT2D eigenvalue weighted by molar-refractivity contribution is -0.384. The van der Waals surface area contributed by atoms with Crippen LogP contribution < -0.4 is 16.0 Å².